The maximum atomic E-state index is 4.34. The molecular weight excluding hydrogens is 248 g/mol. The van der Waals surface area contributed by atoms with E-state index in [9.17, 15) is 0 Å². The molecule has 3 heterocycles. The Kier molecular flexibility index (Phi) is 4.22. The van der Waals surface area contributed by atoms with Gasteiger partial charge in [-0.15, -0.1) is 0 Å². The van der Waals surface area contributed by atoms with Crippen LogP contribution >= 0.6 is 0 Å². The van der Waals surface area contributed by atoms with Gasteiger partial charge in [-0.2, -0.15) is 0 Å². The molecule has 110 valence electrons. The Bertz CT molecular complexity index is 440. The number of nitrogens with zero attached hydrogens (tertiary/aromatic N) is 3. The molecule has 4 nitrogen and oxygen atoms in total. The van der Waals surface area contributed by atoms with Crippen LogP contribution in [0.1, 0.15) is 37.3 Å². The fourth-order valence-electron chi connectivity index (χ4n) is 3.70. The summed E-state index contributed by atoms with van der Waals surface area (Å²) in [6, 6.07) is 5.78. The molecule has 0 spiro atoms. The van der Waals surface area contributed by atoms with E-state index >= 15 is 0 Å². The van der Waals surface area contributed by atoms with Gasteiger partial charge in [0, 0.05) is 25.3 Å². The van der Waals surface area contributed by atoms with Gasteiger partial charge in [0.1, 0.15) is 5.82 Å². The lowest BCUT2D eigenvalue weighted by molar-refractivity contribution is 0.110. The molecule has 3 rings (SSSR count). The molecule has 0 radical (unpaired) electrons. The minimum absolute atomic E-state index is 0.596. The molecule has 1 atom stereocenters. The van der Waals surface area contributed by atoms with E-state index in [1.807, 2.05) is 13.2 Å². The summed E-state index contributed by atoms with van der Waals surface area (Å²) in [5.74, 6) is 0.984. The number of likely N-dealkylation sites (tertiary alicyclic amines) is 2. The molecule has 2 saturated heterocycles. The van der Waals surface area contributed by atoms with Crippen molar-refractivity contribution >= 4 is 5.82 Å². The smallest absolute Gasteiger partial charge is 0.125 e. The Morgan fingerprint density at radius 2 is 2.00 bits per heavy atom. The number of piperidine rings is 1. The first-order valence-electron chi connectivity index (χ1n) is 7.86. The van der Waals surface area contributed by atoms with Gasteiger partial charge in [0.15, 0.2) is 0 Å². The lowest BCUT2D eigenvalue weighted by atomic mass is 9.99. The van der Waals surface area contributed by atoms with Crippen molar-refractivity contribution in [2.24, 2.45) is 0 Å². The molecule has 0 amide bonds. The van der Waals surface area contributed by atoms with Crippen LogP contribution in [0.5, 0.6) is 0 Å². The average Bonchev–Trinajstić information content (AvgIpc) is 2.97. The van der Waals surface area contributed by atoms with E-state index in [1.165, 1.54) is 50.9 Å². The fourth-order valence-corrected chi connectivity index (χ4v) is 3.70. The van der Waals surface area contributed by atoms with Crippen molar-refractivity contribution in [1.29, 1.82) is 0 Å². The van der Waals surface area contributed by atoms with E-state index in [1.54, 1.807) is 0 Å². The van der Waals surface area contributed by atoms with Crippen molar-refractivity contribution in [3.8, 4) is 0 Å². The molecule has 0 saturated carbocycles. The Labute approximate surface area is 122 Å². The zero-order valence-corrected chi connectivity index (χ0v) is 12.7. The Hall–Kier alpha value is -1.13. The van der Waals surface area contributed by atoms with Crippen LogP contribution in [-0.2, 0) is 0 Å². The van der Waals surface area contributed by atoms with E-state index in [0.717, 1.165) is 11.9 Å². The van der Waals surface area contributed by atoms with E-state index in [2.05, 4.69) is 39.3 Å². The number of pyridine rings is 1. The zero-order valence-electron chi connectivity index (χ0n) is 12.7. The molecule has 0 aromatic carbocycles. The second kappa shape index (κ2) is 6.10. The lowest BCUT2D eigenvalue weighted by Crippen LogP contribution is -2.43. The lowest BCUT2D eigenvalue weighted by Gasteiger charge is -2.38. The molecule has 1 aromatic heterocycles. The maximum Gasteiger partial charge on any atom is 0.125 e. The topological polar surface area (TPSA) is 31.4 Å². The molecule has 4 heteroatoms. The predicted molar refractivity (Wildman–Crippen MR) is 83.0 cm³/mol. The van der Waals surface area contributed by atoms with Crippen LogP contribution < -0.4 is 5.32 Å². The summed E-state index contributed by atoms with van der Waals surface area (Å²) < 4.78 is 0. The highest BCUT2D eigenvalue weighted by atomic mass is 15.2. The van der Waals surface area contributed by atoms with Crippen molar-refractivity contribution in [3.63, 3.8) is 0 Å². The number of aromatic nitrogens is 1. The molecule has 1 N–H and O–H groups in total. The van der Waals surface area contributed by atoms with Crippen LogP contribution in [0.2, 0.25) is 0 Å². The highest BCUT2D eigenvalue weighted by molar-refractivity contribution is 5.38. The first kappa shape index (κ1) is 13.8. The van der Waals surface area contributed by atoms with Gasteiger partial charge < -0.3 is 10.2 Å². The molecule has 0 unspecified atom stereocenters. The second-order valence-electron chi connectivity index (χ2n) is 6.15. The first-order chi connectivity index (χ1) is 9.78. The summed E-state index contributed by atoms with van der Waals surface area (Å²) in [7, 11) is 4.18. The normalized spacial score (nSPS) is 26.0. The molecular formula is C16H26N4. The summed E-state index contributed by atoms with van der Waals surface area (Å²) in [5, 5.41) is 3.15. The number of nitrogens with one attached hydrogen (secondary N) is 1. The van der Waals surface area contributed by atoms with Gasteiger partial charge in [-0.1, -0.05) is 0 Å². The minimum Gasteiger partial charge on any atom is -0.373 e. The summed E-state index contributed by atoms with van der Waals surface area (Å²) in [5.41, 5.74) is 1.43. The van der Waals surface area contributed by atoms with Crippen LogP contribution in [0.25, 0.3) is 0 Å². The predicted octanol–water partition coefficient (Wildman–Crippen LogP) is 2.35. The third-order valence-corrected chi connectivity index (χ3v) is 4.88. The van der Waals surface area contributed by atoms with Crippen molar-refractivity contribution in [3.05, 3.63) is 23.9 Å². The molecule has 2 aliphatic rings. The van der Waals surface area contributed by atoms with Crippen LogP contribution in [-0.4, -0.2) is 54.6 Å². The third kappa shape index (κ3) is 2.81. The second-order valence-corrected chi connectivity index (χ2v) is 6.15. The molecule has 0 aliphatic carbocycles. The zero-order chi connectivity index (χ0) is 13.9. The van der Waals surface area contributed by atoms with Crippen molar-refractivity contribution in [2.45, 2.75) is 37.8 Å². The number of rotatable bonds is 3. The average molecular weight is 274 g/mol. The highest BCUT2D eigenvalue weighted by Gasteiger charge is 2.33. The molecule has 20 heavy (non-hydrogen) atoms. The summed E-state index contributed by atoms with van der Waals surface area (Å²) in [4.78, 5) is 9.54. The Balaban J connectivity index is 1.74. The fraction of sp³-hybridized carbons (Fsp3) is 0.688. The summed E-state index contributed by atoms with van der Waals surface area (Å²) in [6.45, 7) is 3.74. The van der Waals surface area contributed by atoms with Crippen LogP contribution in [0.4, 0.5) is 5.82 Å². The largest absolute Gasteiger partial charge is 0.373 e. The van der Waals surface area contributed by atoms with E-state index in [0.29, 0.717) is 6.04 Å². The Morgan fingerprint density at radius 1 is 1.20 bits per heavy atom. The van der Waals surface area contributed by atoms with E-state index in [-0.39, 0.29) is 0 Å². The Morgan fingerprint density at radius 3 is 2.75 bits per heavy atom. The van der Waals surface area contributed by atoms with Gasteiger partial charge in [-0.3, -0.25) is 4.90 Å². The molecule has 2 fully saturated rings. The van der Waals surface area contributed by atoms with Crippen molar-refractivity contribution in [2.75, 3.05) is 39.0 Å². The van der Waals surface area contributed by atoms with Gasteiger partial charge in [0.05, 0.1) is 0 Å². The molecule has 2 aliphatic heterocycles. The van der Waals surface area contributed by atoms with E-state index in [4.69, 9.17) is 0 Å². The maximum absolute atomic E-state index is 4.34. The number of anilines is 1. The number of hydrogen-bond donors (Lipinski definition) is 1. The first-order valence-corrected chi connectivity index (χ1v) is 7.86. The third-order valence-electron chi connectivity index (χ3n) is 4.88. The van der Waals surface area contributed by atoms with Crippen LogP contribution in [0.15, 0.2) is 18.3 Å². The highest BCUT2D eigenvalue weighted by Crippen LogP contribution is 2.36. The summed E-state index contributed by atoms with van der Waals surface area (Å²) in [6.07, 6.45) is 7.19. The van der Waals surface area contributed by atoms with Gasteiger partial charge in [-0.25, -0.2) is 4.98 Å². The number of hydrogen-bond acceptors (Lipinski definition) is 4. The van der Waals surface area contributed by atoms with Crippen LogP contribution in [0.3, 0.4) is 0 Å². The van der Waals surface area contributed by atoms with Gasteiger partial charge in [0.25, 0.3) is 0 Å². The van der Waals surface area contributed by atoms with E-state index < -0.39 is 0 Å². The van der Waals surface area contributed by atoms with Crippen molar-refractivity contribution < 1.29 is 0 Å². The minimum atomic E-state index is 0.596. The standard InChI is InChI=1S/C16H26N4/c1-17-16-12-13(5-8-18-16)15-4-3-9-20(15)14-6-10-19(2)11-7-14/h5,8,12,14-15H,3-4,6-7,9-11H2,1-2H3,(H,17,18)/t15-/m0/s1. The quantitative estimate of drug-likeness (QED) is 0.917. The molecule has 1 aromatic rings. The van der Waals surface area contributed by atoms with Gasteiger partial charge in [0.2, 0.25) is 0 Å². The summed E-state index contributed by atoms with van der Waals surface area (Å²) >= 11 is 0. The van der Waals surface area contributed by atoms with Gasteiger partial charge in [-0.05, 0) is 70.1 Å². The SMILES string of the molecule is CNc1cc([C@@H]2CCCN2C2CCN(C)CC2)ccn1. The van der Waals surface area contributed by atoms with Crippen molar-refractivity contribution in [1.82, 2.24) is 14.8 Å². The molecule has 0 bridgehead atoms. The monoisotopic (exact) mass is 274 g/mol. The van der Waals surface area contributed by atoms with Gasteiger partial charge >= 0.3 is 0 Å². The van der Waals surface area contributed by atoms with Crippen LogP contribution in [0, 0.1) is 0 Å².